The third kappa shape index (κ3) is 5.03. The first-order chi connectivity index (χ1) is 13.4. The Labute approximate surface area is 165 Å². The number of hydrogen-bond acceptors (Lipinski definition) is 4. The monoisotopic (exact) mass is 382 g/mol. The molecule has 6 heteroatoms. The Bertz CT molecular complexity index is 846. The standard InChI is InChI=1S/C22H26N2O4/c1-14(2)22(17-6-9-19-20(13-17)28-11-10-27-19)24-21(26)12-16-4-7-18(8-5-16)23-15(3)25/h4-9,13-14,22H,10-12H2,1-3H3,(H,23,25)(H,24,26)/t22-/m1/s1. The van der Waals surface area contributed by atoms with Gasteiger partial charge >= 0.3 is 0 Å². The van der Waals surface area contributed by atoms with Gasteiger partial charge in [-0.25, -0.2) is 0 Å². The van der Waals surface area contributed by atoms with Gasteiger partial charge in [0.1, 0.15) is 13.2 Å². The summed E-state index contributed by atoms with van der Waals surface area (Å²) in [5.74, 6) is 1.50. The van der Waals surface area contributed by atoms with Crippen LogP contribution in [0.15, 0.2) is 42.5 Å². The number of carbonyl (C=O) groups excluding carboxylic acids is 2. The summed E-state index contributed by atoms with van der Waals surface area (Å²) in [5, 5.41) is 5.85. The fraction of sp³-hybridized carbons (Fsp3) is 0.364. The molecule has 0 saturated carbocycles. The lowest BCUT2D eigenvalue weighted by Crippen LogP contribution is -2.33. The van der Waals surface area contributed by atoms with Gasteiger partial charge in [-0.2, -0.15) is 0 Å². The summed E-state index contributed by atoms with van der Waals surface area (Å²) in [7, 11) is 0. The van der Waals surface area contributed by atoms with E-state index in [2.05, 4.69) is 24.5 Å². The predicted octanol–water partition coefficient (Wildman–Crippen LogP) is 3.47. The van der Waals surface area contributed by atoms with Crippen molar-refractivity contribution < 1.29 is 19.1 Å². The van der Waals surface area contributed by atoms with Crippen molar-refractivity contribution in [1.29, 1.82) is 0 Å². The van der Waals surface area contributed by atoms with E-state index in [9.17, 15) is 9.59 Å². The van der Waals surface area contributed by atoms with Crippen LogP contribution in [0.1, 0.15) is 37.9 Å². The summed E-state index contributed by atoms with van der Waals surface area (Å²) >= 11 is 0. The lowest BCUT2D eigenvalue weighted by molar-refractivity contribution is -0.121. The van der Waals surface area contributed by atoms with E-state index < -0.39 is 0 Å². The normalized spacial score (nSPS) is 13.7. The first kappa shape index (κ1) is 19.7. The van der Waals surface area contributed by atoms with Crippen molar-refractivity contribution >= 4 is 17.5 Å². The molecule has 1 aliphatic rings. The van der Waals surface area contributed by atoms with Crippen LogP contribution in [0.25, 0.3) is 0 Å². The number of anilines is 1. The number of ether oxygens (including phenoxy) is 2. The average molecular weight is 382 g/mol. The first-order valence-corrected chi connectivity index (χ1v) is 9.48. The highest BCUT2D eigenvalue weighted by Gasteiger charge is 2.21. The molecular weight excluding hydrogens is 356 g/mol. The maximum absolute atomic E-state index is 12.6. The van der Waals surface area contributed by atoms with Gasteiger partial charge in [0.15, 0.2) is 11.5 Å². The SMILES string of the molecule is CC(=O)Nc1ccc(CC(=O)N[C@@H](c2ccc3c(c2)OCCO3)C(C)C)cc1. The van der Waals surface area contributed by atoms with Crippen LogP contribution in [0.2, 0.25) is 0 Å². The molecular formula is C22H26N2O4. The van der Waals surface area contributed by atoms with Crippen molar-refractivity contribution in [2.45, 2.75) is 33.2 Å². The van der Waals surface area contributed by atoms with Crippen LogP contribution in [-0.2, 0) is 16.0 Å². The summed E-state index contributed by atoms with van der Waals surface area (Å²) in [6, 6.07) is 13.0. The second-order valence-corrected chi connectivity index (χ2v) is 7.25. The van der Waals surface area contributed by atoms with E-state index in [0.29, 0.717) is 18.9 Å². The van der Waals surface area contributed by atoms with Gasteiger partial charge in [0.25, 0.3) is 0 Å². The third-order valence-electron chi connectivity index (χ3n) is 4.55. The zero-order valence-electron chi connectivity index (χ0n) is 16.5. The van der Waals surface area contributed by atoms with Crippen molar-refractivity contribution in [2.24, 2.45) is 5.92 Å². The number of hydrogen-bond donors (Lipinski definition) is 2. The molecule has 2 aromatic carbocycles. The van der Waals surface area contributed by atoms with Crippen molar-refractivity contribution in [3.63, 3.8) is 0 Å². The molecule has 0 bridgehead atoms. The van der Waals surface area contributed by atoms with Crippen LogP contribution in [0.3, 0.4) is 0 Å². The van der Waals surface area contributed by atoms with Crippen LogP contribution in [0.4, 0.5) is 5.69 Å². The van der Waals surface area contributed by atoms with Gasteiger partial charge in [0.05, 0.1) is 12.5 Å². The van der Waals surface area contributed by atoms with Crippen molar-refractivity contribution in [3.05, 3.63) is 53.6 Å². The largest absolute Gasteiger partial charge is 0.486 e. The number of amides is 2. The molecule has 1 heterocycles. The summed E-state index contributed by atoms with van der Waals surface area (Å²) < 4.78 is 11.2. The maximum Gasteiger partial charge on any atom is 0.224 e. The zero-order valence-corrected chi connectivity index (χ0v) is 16.5. The summed E-state index contributed by atoms with van der Waals surface area (Å²) in [6.45, 7) is 6.69. The van der Waals surface area contributed by atoms with Gasteiger partial charge in [-0.1, -0.05) is 32.0 Å². The number of fused-ring (bicyclic) bond motifs is 1. The molecule has 3 rings (SSSR count). The van der Waals surface area contributed by atoms with Gasteiger partial charge in [0, 0.05) is 12.6 Å². The topological polar surface area (TPSA) is 76.7 Å². The average Bonchev–Trinajstić information content (AvgIpc) is 2.66. The fourth-order valence-corrected chi connectivity index (χ4v) is 3.21. The summed E-state index contributed by atoms with van der Waals surface area (Å²) in [6.07, 6.45) is 0.272. The molecule has 0 fully saturated rings. The van der Waals surface area contributed by atoms with Gasteiger partial charge in [0.2, 0.25) is 11.8 Å². The molecule has 2 N–H and O–H groups in total. The highest BCUT2D eigenvalue weighted by atomic mass is 16.6. The Balaban J connectivity index is 1.67. The van der Waals surface area contributed by atoms with Crippen molar-refractivity contribution in [2.75, 3.05) is 18.5 Å². The molecule has 1 atom stereocenters. The number of rotatable bonds is 6. The molecule has 148 valence electrons. The minimum Gasteiger partial charge on any atom is -0.486 e. The van der Waals surface area contributed by atoms with Crippen LogP contribution in [0.5, 0.6) is 11.5 Å². The predicted molar refractivity (Wildman–Crippen MR) is 108 cm³/mol. The summed E-state index contributed by atoms with van der Waals surface area (Å²) in [4.78, 5) is 23.7. The Kier molecular flexibility index (Phi) is 6.19. The second kappa shape index (κ2) is 8.78. The molecule has 2 amide bonds. The molecule has 6 nitrogen and oxygen atoms in total. The third-order valence-corrected chi connectivity index (χ3v) is 4.55. The minimum atomic E-state index is -0.123. The second-order valence-electron chi connectivity index (χ2n) is 7.25. The highest BCUT2D eigenvalue weighted by molar-refractivity contribution is 5.88. The Hall–Kier alpha value is -3.02. The molecule has 0 saturated heterocycles. The quantitative estimate of drug-likeness (QED) is 0.802. The number of carbonyl (C=O) groups is 2. The Morgan fingerprint density at radius 2 is 1.68 bits per heavy atom. The van der Waals surface area contributed by atoms with Crippen LogP contribution >= 0.6 is 0 Å². The molecule has 0 radical (unpaired) electrons. The lowest BCUT2D eigenvalue weighted by atomic mass is 9.95. The van der Waals surface area contributed by atoms with E-state index >= 15 is 0 Å². The molecule has 0 aromatic heterocycles. The molecule has 28 heavy (non-hydrogen) atoms. The smallest absolute Gasteiger partial charge is 0.224 e. The first-order valence-electron chi connectivity index (χ1n) is 9.48. The molecule has 1 aliphatic heterocycles. The molecule has 0 aliphatic carbocycles. The van der Waals surface area contributed by atoms with E-state index in [1.54, 1.807) is 12.1 Å². The van der Waals surface area contributed by atoms with E-state index in [4.69, 9.17) is 9.47 Å². The van der Waals surface area contributed by atoms with Crippen LogP contribution in [-0.4, -0.2) is 25.0 Å². The Morgan fingerprint density at radius 1 is 1.00 bits per heavy atom. The molecule has 2 aromatic rings. The van der Waals surface area contributed by atoms with Gasteiger partial charge in [-0.05, 0) is 41.3 Å². The fourth-order valence-electron chi connectivity index (χ4n) is 3.21. The van der Waals surface area contributed by atoms with E-state index in [1.807, 2.05) is 30.3 Å². The van der Waals surface area contributed by atoms with Crippen molar-refractivity contribution in [1.82, 2.24) is 5.32 Å². The maximum atomic E-state index is 12.6. The number of benzene rings is 2. The van der Waals surface area contributed by atoms with Crippen molar-refractivity contribution in [3.8, 4) is 11.5 Å². The van der Waals surface area contributed by atoms with Gasteiger partial charge in [-0.15, -0.1) is 0 Å². The Morgan fingerprint density at radius 3 is 2.32 bits per heavy atom. The summed E-state index contributed by atoms with van der Waals surface area (Å²) in [5.41, 5.74) is 2.60. The zero-order chi connectivity index (χ0) is 20.1. The van der Waals surface area contributed by atoms with E-state index in [1.165, 1.54) is 6.92 Å². The highest BCUT2D eigenvalue weighted by Crippen LogP contribution is 2.34. The van der Waals surface area contributed by atoms with E-state index in [-0.39, 0.29) is 30.2 Å². The lowest BCUT2D eigenvalue weighted by Gasteiger charge is -2.25. The van der Waals surface area contributed by atoms with Gasteiger partial charge in [-0.3, -0.25) is 9.59 Å². The van der Waals surface area contributed by atoms with Crippen LogP contribution in [0, 0.1) is 5.92 Å². The number of nitrogens with one attached hydrogen (secondary N) is 2. The van der Waals surface area contributed by atoms with Gasteiger partial charge < -0.3 is 20.1 Å². The molecule has 0 spiro atoms. The molecule has 0 unspecified atom stereocenters. The van der Waals surface area contributed by atoms with E-state index in [0.717, 1.165) is 22.6 Å². The van der Waals surface area contributed by atoms with Crippen LogP contribution < -0.4 is 20.1 Å². The minimum absolute atomic E-state index is 0.0548.